The number of anilines is 1. The van der Waals surface area contributed by atoms with Crippen LogP contribution in [0.4, 0.5) is 10.6 Å². The summed E-state index contributed by atoms with van der Waals surface area (Å²) in [5, 5.41) is 9.11. The molecule has 0 saturated heterocycles. The van der Waals surface area contributed by atoms with Crippen molar-refractivity contribution in [3.8, 4) is 0 Å². The van der Waals surface area contributed by atoms with Crippen LogP contribution in [0.1, 0.15) is 16.9 Å². The molecule has 21 heavy (non-hydrogen) atoms. The van der Waals surface area contributed by atoms with Gasteiger partial charge in [0.25, 0.3) is 0 Å². The lowest BCUT2D eigenvalue weighted by Crippen LogP contribution is -2.28. The van der Waals surface area contributed by atoms with Gasteiger partial charge in [-0.05, 0) is 32.1 Å². The smallest absolute Gasteiger partial charge is 0.320 e. The Hall–Kier alpha value is -2.34. The van der Waals surface area contributed by atoms with Gasteiger partial charge in [-0.3, -0.25) is 5.32 Å². The van der Waals surface area contributed by atoms with E-state index >= 15 is 0 Å². The van der Waals surface area contributed by atoms with Crippen molar-refractivity contribution in [1.82, 2.24) is 15.4 Å². The standard InChI is InChI=1S/C15H20N4O2/c1-11-7-14(18-21-11)17-15(20)16-9-12-5-4-6-13(8-12)10-19(2)3/h4-8H,9-10H2,1-3H3,(H2,16,17,18,20). The van der Waals surface area contributed by atoms with E-state index < -0.39 is 0 Å². The van der Waals surface area contributed by atoms with E-state index in [2.05, 4.69) is 32.8 Å². The van der Waals surface area contributed by atoms with Crippen LogP contribution in [0.25, 0.3) is 0 Å². The zero-order valence-electron chi connectivity index (χ0n) is 12.5. The van der Waals surface area contributed by atoms with Crippen LogP contribution in [-0.2, 0) is 13.1 Å². The molecule has 2 aromatic rings. The highest BCUT2D eigenvalue weighted by atomic mass is 16.5. The third-order valence-corrected chi connectivity index (χ3v) is 2.81. The van der Waals surface area contributed by atoms with Crippen molar-refractivity contribution in [3.05, 3.63) is 47.2 Å². The van der Waals surface area contributed by atoms with Crippen molar-refractivity contribution in [2.24, 2.45) is 0 Å². The van der Waals surface area contributed by atoms with Crippen molar-refractivity contribution >= 4 is 11.8 Å². The summed E-state index contributed by atoms with van der Waals surface area (Å²) in [5.74, 6) is 1.06. The summed E-state index contributed by atoms with van der Waals surface area (Å²) in [5.41, 5.74) is 2.27. The molecule has 0 atom stereocenters. The van der Waals surface area contributed by atoms with Gasteiger partial charge in [0, 0.05) is 19.2 Å². The predicted molar refractivity (Wildman–Crippen MR) is 80.9 cm³/mol. The number of benzene rings is 1. The molecule has 0 saturated carbocycles. The first-order valence-corrected chi connectivity index (χ1v) is 6.73. The van der Waals surface area contributed by atoms with Crippen LogP contribution >= 0.6 is 0 Å². The van der Waals surface area contributed by atoms with E-state index in [1.54, 1.807) is 13.0 Å². The molecular formula is C15H20N4O2. The average molecular weight is 288 g/mol. The molecule has 0 spiro atoms. The lowest BCUT2D eigenvalue weighted by Gasteiger charge is -2.11. The fourth-order valence-corrected chi connectivity index (χ4v) is 1.97. The Balaban J connectivity index is 1.86. The zero-order valence-corrected chi connectivity index (χ0v) is 12.5. The van der Waals surface area contributed by atoms with E-state index in [-0.39, 0.29) is 6.03 Å². The molecular weight excluding hydrogens is 268 g/mol. The van der Waals surface area contributed by atoms with Gasteiger partial charge >= 0.3 is 6.03 Å². The average Bonchev–Trinajstić information content (AvgIpc) is 2.81. The number of carbonyl (C=O) groups is 1. The predicted octanol–water partition coefficient (Wildman–Crippen LogP) is 2.37. The summed E-state index contributed by atoms with van der Waals surface area (Å²) < 4.78 is 4.88. The van der Waals surface area contributed by atoms with Gasteiger partial charge in [-0.15, -0.1) is 0 Å². The summed E-state index contributed by atoms with van der Waals surface area (Å²) in [4.78, 5) is 13.8. The van der Waals surface area contributed by atoms with E-state index in [4.69, 9.17) is 4.52 Å². The van der Waals surface area contributed by atoms with Gasteiger partial charge in [0.05, 0.1) is 0 Å². The fraction of sp³-hybridized carbons (Fsp3) is 0.333. The second kappa shape index (κ2) is 6.90. The number of hydrogen-bond acceptors (Lipinski definition) is 4. The Bertz CT molecular complexity index is 607. The molecule has 0 aliphatic heterocycles. The third-order valence-electron chi connectivity index (χ3n) is 2.81. The van der Waals surface area contributed by atoms with Crippen LogP contribution in [0.3, 0.4) is 0 Å². The topological polar surface area (TPSA) is 70.4 Å². The highest BCUT2D eigenvalue weighted by Crippen LogP contribution is 2.08. The summed E-state index contributed by atoms with van der Waals surface area (Å²) in [6, 6.07) is 9.50. The van der Waals surface area contributed by atoms with Crippen LogP contribution in [-0.4, -0.2) is 30.2 Å². The van der Waals surface area contributed by atoms with Gasteiger partial charge in [0.1, 0.15) is 5.76 Å². The highest BCUT2D eigenvalue weighted by Gasteiger charge is 2.05. The van der Waals surface area contributed by atoms with Crippen molar-refractivity contribution in [2.45, 2.75) is 20.0 Å². The van der Waals surface area contributed by atoms with Gasteiger partial charge in [0.2, 0.25) is 0 Å². The van der Waals surface area contributed by atoms with Crippen LogP contribution in [0.2, 0.25) is 0 Å². The molecule has 1 aromatic heterocycles. The molecule has 0 aliphatic rings. The molecule has 1 aromatic carbocycles. The number of rotatable bonds is 5. The molecule has 0 bridgehead atoms. The number of urea groups is 1. The maximum Gasteiger partial charge on any atom is 0.320 e. The molecule has 6 heteroatoms. The first kappa shape index (κ1) is 15.1. The third kappa shape index (κ3) is 4.92. The molecule has 0 fully saturated rings. The van der Waals surface area contributed by atoms with Gasteiger partial charge in [0.15, 0.2) is 5.82 Å². The minimum atomic E-state index is -0.304. The molecule has 0 radical (unpaired) electrons. The molecule has 0 unspecified atom stereocenters. The zero-order chi connectivity index (χ0) is 15.2. The molecule has 1 heterocycles. The molecule has 6 nitrogen and oxygen atoms in total. The summed E-state index contributed by atoms with van der Waals surface area (Å²) in [7, 11) is 4.05. The first-order valence-electron chi connectivity index (χ1n) is 6.73. The lowest BCUT2D eigenvalue weighted by atomic mass is 10.1. The van der Waals surface area contributed by atoms with Gasteiger partial charge in [-0.25, -0.2) is 4.79 Å². The van der Waals surface area contributed by atoms with Crippen molar-refractivity contribution in [1.29, 1.82) is 0 Å². The maximum absolute atomic E-state index is 11.7. The number of aryl methyl sites for hydroxylation is 1. The minimum Gasteiger partial charge on any atom is -0.360 e. The largest absolute Gasteiger partial charge is 0.360 e. The molecule has 2 amide bonds. The SMILES string of the molecule is Cc1cc(NC(=O)NCc2cccc(CN(C)C)c2)no1. The Morgan fingerprint density at radius 2 is 2.05 bits per heavy atom. The van der Waals surface area contributed by atoms with Gasteiger partial charge in [-0.2, -0.15) is 0 Å². The van der Waals surface area contributed by atoms with E-state index in [1.807, 2.05) is 26.2 Å². The highest BCUT2D eigenvalue weighted by molar-refractivity contribution is 5.88. The van der Waals surface area contributed by atoms with Crippen LogP contribution in [0.5, 0.6) is 0 Å². The van der Waals surface area contributed by atoms with Crippen molar-refractivity contribution in [2.75, 3.05) is 19.4 Å². The number of amides is 2. The van der Waals surface area contributed by atoms with Crippen LogP contribution in [0, 0.1) is 6.92 Å². The molecule has 2 rings (SSSR count). The van der Waals surface area contributed by atoms with Crippen molar-refractivity contribution in [3.63, 3.8) is 0 Å². The van der Waals surface area contributed by atoms with Gasteiger partial charge < -0.3 is 14.7 Å². The van der Waals surface area contributed by atoms with E-state index in [0.29, 0.717) is 18.1 Å². The van der Waals surface area contributed by atoms with Crippen LogP contribution < -0.4 is 10.6 Å². The number of hydrogen-bond donors (Lipinski definition) is 2. The first-order chi connectivity index (χ1) is 10.0. The summed E-state index contributed by atoms with van der Waals surface area (Å²) >= 11 is 0. The van der Waals surface area contributed by atoms with E-state index in [0.717, 1.165) is 12.1 Å². The molecule has 112 valence electrons. The monoisotopic (exact) mass is 288 g/mol. The quantitative estimate of drug-likeness (QED) is 0.886. The Labute approximate surface area is 124 Å². The Morgan fingerprint density at radius 3 is 2.71 bits per heavy atom. The van der Waals surface area contributed by atoms with Gasteiger partial charge in [-0.1, -0.05) is 29.4 Å². The summed E-state index contributed by atoms with van der Waals surface area (Å²) in [6.45, 7) is 3.11. The van der Waals surface area contributed by atoms with E-state index in [9.17, 15) is 4.79 Å². The Morgan fingerprint density at radius 1 is 1.29 bits per heavy atom. The number of carbonyl (C=O) groups excluding carboxylic acids is 1. The second-order valence-corrected chi connectivity index (χ2v) is 5.19. The van der Waals surface area contributed by atoms with Crippen LogP contribution in [0.15, 0.2) is 34.9 Å². The number of nitrogens with zero attached hydrogens (tertiary/aromatic N) is 2. The number of nitrogens with one attached hydrogen (secondary N) is 2. The van der Waals surface area contributed by atoms with Crippen molar-refractivity contribution < 1.29 is 9.32 Å². The molecule has 2 N–H and O–H groups in total. The molecule has 0 aliphatic carbocycles. The lowest BCUT2D eigenvalue weighted by molar-refractivity contribution is 0.251. The fourth-order valence-electron chi connectivity index (χ4n) is 1.97. The minimum absolute atomic E-state index is 0.304. The van der Waals surface area contributed by atoms with E-state index in [1.165, 1.54) is 5.56 Å². The maximum atomic E-state index is 11.7. The Kier molecular flexibility index (Phi) is 4.94. The second-order valence-electron chi connectivity index (χ2n) is 5.19. The number of aromatic nitrogens is 1. The normalized spacial score (nSPS) is 10.7. The summed E-state index contributed by atoms with van der Waals surface area (Å²) in [6.07, 6.45) is 0.